The third kappa shape index (κ3) is 3.65. The maximum atomic E-state index is 11.4. The van der Waals surface area contributed by atoms with E-state index in [4.69, 9.17) is 22.8 Å². The second kappa shape index (κ2) is 6.10. The molecule has 0 saturated carbocycles. The Kier molecular flexibility index (Phi) is 4.73. The predicted molar refractivity (Wildman–Crippen MR) is 59.4 cm³/mol. The van der Waals surface area contributed by atoms with Gasteiger partial charge in [0.2, 0.25) is 0 Å². The Bertz CT molecular complexity index is 354. The van der Waals surface area contributed by atoms with Crippen molar-refractivity contribution in [2.24, 2.45) is 0 Å². The fraction of sp³-hybridized carbons (Fsp3) is 0.250. The molecule has 0 aliphatic rings. The third-order valence-corrected chi connectivity index (χ3v) is 2.22. The van der Waals surface area contributed by atoms with Crippen LogP contribution in [0.4, 0.5) is 0 Å². The zero-order valence-corrected chi connectivity index (χ0v) is 8.91. The summed E-state index contributed by atoms with van der Waals surface area (Å²) < 4.78 is 4.89. The van der Waals surface area contributed by atoms with Crippen molar-refractivity contribution >= 4 is 17.6 Å². The summed E-state index contributed by atoms with van der Waals surface area (Å²) in [5.74, 6) is 1.92. The van der Waals surface area contributed by atoms with Gasteiger partial charge >= 0.3 is 5.97 Å². The van der Waals surface area contributed by atoms with Crippen molar-refractivity contribution in [1.29, 1.82) is 0 Å². The van der Waals surface area contributed by atoms with Crippen LogP contribution >= 0.6 is 11.6 Å². The summed E-state index contributed by atoms with van der Waals surface area (Å²) >= 11 is 5.91. The summed E-state index contributed by atoms with van der Waals surface area (Å²) in [5, 5.41) is -0.760. The molecule has 3 heteroatoms. The summed E-state index contributed by atoms with van der Waals surface area (Å²) in [6.07, 6.45) is 5.43. The fourth-order valence-electron chi connectivity index (χ4n) is 1.04. The van der Waals surface area contributed by atoms with E-state index in [1.54, 1.807) is 12.1 Å². The lowest BCUT2D eigenvalue weighted by molar-refractivity contribution is -0.143. The highest BCUT2D eigenvalue weighted by molar-refractivity contribution is 6.29. The molecule has 2 nitrogen and oxygen atoms in total. The lowest BCUT2D eigenvalue weighted by atomic mass is 10.1. The average molecular weight is 223 g/mol. The van der Waals surface area contributed by atoms with Gasteiger partial charge in [-0.15, -0.1) is 23.9 Å². The van der Waals surface area contributed by atoms with Gasteiger partial charge < -0.3 is 4.74 Å². The van der Waals surface area contributed by atoms with Crippen molar-refractivity contribution in [3.63, 3.8) is 0 Å². The van der Waals surface area contributed by atoms with Gasteiger partial charge in [-0.1, -0.05) is 30.3 Å². The molecule has 0 unspecified atom stereocenters. The average Bonchev–Trinajstić information content (AvgIpc) is 2.29. The van der Waals surface area contributed by atoms with Crippen LogP contribution < -0.4 is 0 Å². The molecular weight excluding hydrogens is 212 g/mol. The first-order valence-electron chi connectivity index (χ1n) is 4.55. The summed E-state index contributed by atoms with van der Waals surface area (Å²) in [6, 6.07) is 9.05. The van der Waals surface area contributed by atoms with E-state index in [0.717, 1.165) is 5.56 Å². The van der Waals surface area contributed by atoms with Crippen LogP contribution in [0.2, 0.25) is 0 Å². The topological polar surface area (TPSA) is 26.3 Å². The Labute approximate surface area is 94.2 Å². The molecule has 0 N–H and O–H groups in total. The minimum atomic E-state index is -0.760. The molecule has 78 valence electrons. The van der Waals surface area contributed by atoms with Crippen LogP contribution in [0.25, 0.3) is 0 Å². The maximum Gasteiger partial charge on any atom is 0.328 e. The third-order valence-electron chi connectivity index (χ3n) is 1.79. The van der Waals surface area contributed by atoms with Crippen LogP contribution in [-0.4, -0.2) is 12.6 Å². The highest BCUT2D eigenvalue weighted by Gasteiger charge is 2.18. The van der Waals surface area contributed by atoms with Crippen molar-refractivity contribution in [1.82, 2.24) is 0 Å². The van der Waals surface area contributed by atoms with Crippen LogP contribution in [0.3, 0.4) is 0 Å². The van der Waals surface area contributed by atoms with Gasteiger partial charge in [0, 0.05) is 6.42 Å². The summed E-state index contributed by atoms with van der Waals surface area (Å²) in [7, 11) is 0. The van der Waals surface area contributed by atoms with Gasteiger partial charge in [-0.25, -0.2) is 0 Å². The van der Waals surface area contributed by atoms with Gasteiger partial charge in [0.25, 0.3) is 0 Å². The summed E-state index contributed by atoms with van der Waals surface area (Å²) in [4.78, 5) is 11.4. The van der Waals surface area contributed by atoms with E-state index in [-0.39, 0.29) is 6.61 Å². The Hall–Kier alpha value is -1.46. The second-order valence-electron chi connectivity index (χ2n) is 2.89. The Balaban J connectivity index is 2.51. The molecule has 15 heavy (non-hydrogen) atoms. The van der Waals surface area contributed by atoms with Gasteiger partial charge in [0.1, 0.15) is 6.61 Å². The lowest BCUT2D eigenvalue weighted by Gasteiger charge is -2.08. The molecule has 0 bridgehead atoms. The van der Waals surface area contributed by atoms with E-state index in [1.807, 2.05) is 18.2 Å². The highest BCUT2D eigenvalue weighted by Crippen LogP contribution is 2.21. The van der Waals surface area contributed by atoms with Gasteiger partial charge in [-0.05, 0) is 5.56 Å². The predicted octanol–water partition coefficient (Wildman–Crippen LogP) is 2.53. The van der Waals surface area contributed by atoms with Gasteiger partial charge in [0.05, 0.1) is 0 Å². The molecule has 1 atom stereocenters. The number of carbonyl (C=O) groups excluding carboxylic acids is 1. The molecule has 0 heterocycles. The first-order valence-corrected chi connectivity index (χ1v) is 4.98. The number of halogens is 1. The number of hydrogen-bond donors (Lipinski definition) is 0. The molecule has 0 saturated heterocycles. The Morgan fingerprint density at radius 3 is 2.73 bits per heavy atom. The molecule has 0 fully saturated rings. The van der Waals surface area contributed by atoms with Crippen LogP contribution in [0.15, 0.2) is 30.3 Å². The van der Waals surface area contributed by atoms with Gasteiger partial charge in [0.15, 0.2) is 5.38 Å². The molecule has 1 aromatic rings. The van der Waals surface area contributed by atoms with Crippen molar-refractivity contribution < 1.29 is 9.53 Å². The number of terminal acetylenes is 1. The molecule has 0 aliphatic carbocycles. The number of alkyl halides is 1. The second-order valence-corrected chi connectivity index (χ2v) is 3.33. The van der Waals surface area contributed by atoms with Gasteiger partial charge in [-0.2, -0.15) is 0 Å². The Morgan fingerprint density at radius 2 is 2.13 bits per heavy atom. The molecule has 1 aromatic carbocycles. The number of carbonyl (C=O) groups is 1. The fourth-order valence-corrected chi connectivity index (χ4v) is 1.25. The number of hydrogen-bond acceptors (Lipinski definition) is 2. The maximum absolute atomic E-state index is 11.4. The number of ether oxygens (including phenoxy) is 1. The monoisotopic (exact) mass is 222 g/mol. The van der Waals surface area contributed by atoms with Crippen LogP contribution in [0, 0.1) is 12.3 Å². The summed E-state index contributed by atoms with van der Waals surface area (Å²) in [6.45, 7) is 0.214. The van der Waals surface area contributed by atoms with Gasteiger partial charge in [-0.3, -0.25) is 4.79 Å². The normalized spacial score (nSPS) is 11.5. The largest absolute Gasteiger partial charge is 0.463 e. The zero-order valence-electron chi connectivity index (χ0n) is 8.15. The van der Waals surface area contributed by atoms with Crippen LogP contribution in [0.5, 0.6) is 0 Å². The zero-order chi connectivity index (χ0) is 11.1. The van der Waals surface area contributed by atoms with Crippen molar-refractivity contribution in [3.8, 4) is 12.3 Å². The molecule has 0 radical (unpaired) electrons. The van der Waals surface area contributed by atoms with E-state index in [1.165, 1.54) is 0 Å². The van der Waals surface area contributed by atoms with Crippen LogP contribution in [-0.2, 0) is 9.53 Å². The number of rotatable bonds is 4. The first kappa shape index (κ1) is 11.6. The molecule has 0 spiro atoms. The minimum absolute atomic E-state index is 0.214. The van der Waals surface area contributed by atoms with E-state index in [9.17, 15) is 4.79 Å². The molecule has 1 rings (SSSR count). The molecule has 0 aromatic heterocycles. The smallest absolute Gasteiger partial charge is 0.328 e. The number of benzene rings is 1. The van der Waals surface area contributed by atoms with E-state index < -0.39 is 11.3 Å². The summed E-state index contributed by atoms with van der Waals surface area (Å²) in [5.41, 5.74) is 0.727. The van der Waals surface area contributed by atoms with Crippen molar-refractivity contribution in [2.75, 3.05) is 6.61 Å². The minimum Gasteiger partial charge on any atom is -0.463 e. The molecular formula is C12H11ClO2. The Morgan fingerprint density at radius 1 is 1.47 bits per heavy atom. The van der Waals surface area contributed by atoms with Crippen molar-refractivity contribution in [3.05, 3.63) is 35.9 Å². The quantitative estimate of drug-likeness (QED) is 0.339. The van der Waals surface area contributed by atoms with E-state index in [0.29, 0.717) is 6.42 Å². The van der Waals surface area contributed by atoms with E-state index in [2.05, 4.69) is 5.92 Å². The molecule has 0 amide bonds. The van der Waals surface area contributed by atoms with E-state index >= 15 is 0 Å². The van der Waals surface area contributed by atoms with Crippen LogP contribution in [0.1, 0.15) is 17.4 Å². The highest BCUT2D eigenvalue weighted by atomic mass is 35.5. The lowest BCUT2D eigenvalue weighted by Crippen LogP contribution is -2.11. The van der Waals surface area contributed by atoms with Crippen molar-refractivity contribution in [2.45, 2.75) is 11.8 Å². The SMILES string of the molecule is C#CCCOC(=O)[C@H](Cl)c1ccccc1. The first-order chi connectivity index (χ1) is 7.25. The standard InChI is InChI=1S/C12H11ClO2/c1-2-3-9-15-12(14)11(13)10-7-5-4-6-8-10/h1,4-8,11H,3,9H2/t11-/m1/s1. The molecule has 0 aliphatic heterocycles. The number of esters is 1.